The number of carbonyl (C=O) groups excluding carboxylic acids is 1. The van der Waals surface area contributed by atoms with Crippen molar-refractivity contribution < 1.29 is 13.9 Å². The molecular formula is C21H22N2O5S. The zero-order valence-corrected chi connectivity index (χ0v) is 17.5. The largest absolute Gasteiger partial charge is 0.467 e. The van der Waals surface area contributed by atoms with E-state index in [9.17, 15) is 14.4 Å². The first kappa shape index (κ1) is 20.7. The summed E-state index contributed by atoms with van der Waals surface area (Å²) in [7, 11) is 1.28. The lowest BCUT2D eigenvalue weighted by Crippen LogP contribution is -2.34. The van der Waals surface area contributed by atoms with Crippen molar-refractivity contribution in [2.45, 2.75) is 43.7 Å². The highest BCUT2D eigenvalue weighted by molar-refractivity contribution is 7.99. The Morgan fingerprint density at radius 1 is 1.21 bits per heavy atom. The molecule has 0 radical (unpaired) electrons. The zero-order valence-electron chi connectivity index (χ0n) is 16.7. The number of aromatic amines is 1. The monoisotopic (exact) mass is 414 g/mol. The molecule has 0 amide bonds. The van der Waals surface area contributed by atoms with E-state index < -0.39 is 17.2 Å². The topological polar surface area (TPSA) is 94.3 Å². The van der Waals surface area contributed by atoms with E-state index in [1.807, 2.05) is 32.9 Å². The number of furan rings is 1. The number of nitrogens with one attached hydrogen (secondary N) is 1. The standard InChI is InChI=1S/C21H22N2O5S/c1-5-15-18(24)22-21(26)23(11-17-16(6-7-28-17)20(25)27-4)19(15)29-14-9-12(2)8-13(3)10-14/h6-10H,5,11H2,1-4H3,(H,22,24,26). The fourth-order valence-corrected chi connectivity index (χ4v) is 4.50. The third-order valence-corrected chi connectivity index (χ3v) is 5.59. The van der Waals surface area contributed by atoms with Gasteiger partial charge in [0.05, 0.1) is 24.9 Å². The maximum absolute atomic E-state index is 12.7. The van der Waals surface area contributed by atoms with Crippen LogP contribution in [0.1, 0.15) is 39.7 Å². The highest BCUT2D eigenvalue weighted by Gasteiger charge is 2.20. The molecule has 0 spiro atoms. The van der Waals surface area contributed by atoms with Crippen LogP contribution in [0, 0.1) is 13.8 Å². The summed E-state index contributed by atoms with van der Waals surface area (Å²) in [4.78, 5) is 40.3. The van der Waals surface area contributed by atoms with E-state index in [0.29, 0.717) is 17.0 Å². The van der Waals surface area contributed by atoms with Crippen LogP contribution in [0.2, 0.25) is 0 Å². The molecule has 29 heavy (non-hydrogen) atoms. The van der Waals surface area contributed by atoms with Crippen LogP contribution in [0.25, 0.3) is 0 Å². The van der Waals surface area contributed by atoms with E-state index in [-0.39, 0.29) is 17.9 Å². The van der Waals surface area contributed by atoms with Crippen LogP contribution in [0.4, 0.5) is 0 Å². The Labute approximate surface area is 171 Å². The van der Waals surface area contributed by atoms with Crippen LogP contribution < -0.4 is 11.2 Å². The molecule has 0 unspecified atom stereocenters. The van der Waals surface area contributed by atoms with Gasteiger partial charge in [-0.05, 0) is 49.6 Å². The maximum Gasteiger partial charge on any atom is 0.341 e. The van der Waals surface area contributed by atoms with E-state index >= 15 is 0 Å². The van der Waals surface area contributed by atoms with Crippen LogP contribution in [-0.2, 0) is 17.7 Å². The molecule has 3 rings (SSSR count). The lowest BCUT2D eigenvalue weighted by atomic mass is 10.2. The lowest BCUT2D eigenvalue weighted by molar-refractivity contribution is 0.0598. The Morgan fingerprint density at radius 2 is 1.90 bits per heavy atom. The molecule has 0 bridgehead atoms. The van der Waals surface area contributed by atoms with Crippen molar-refractivity contribution in [1.29, 1.82) is 0 Å². The number of aromatic nitrogens is 2. The number of methoxy groups -OCH3 is 1. The average molecular weight is 414 g/mol. The molecule has 152 valence electrons. The number of H-pyrrole nitrogens is 1. The van der Waals surface area contributed by atoms with E-state index in [4.69, 9.17) is 9.15 Å². The molecule has 0 aliphatic carbocycles. The van der Waals surface area contributed by atoms with Crippen LogP contribution in [-0.4, -0.2) is 22.6 Å². The molecule has 7 nitrogen and oxygen atoms in total. The Bertz CT molecular complexity index is 1150. The molecule has 8 heteroatoms. The molecule has 1 aromatic carbocycles. The predicted octanol–water partition coefficient (Wildman–Crippen LogP) is 3.29. The maximum atomic E-state index is 12.7. The lowest BCUT2D eigenvalue weighted by Gasteiger charge is -2.15. The summed E-state index contributed by atoms with van der Waals surface area (Å²) in [6, 6.07) is 7.55. The molecule has 0 saturated carbocycles. The van der Waals surface area contributed by atoms with Gasteiger partial charge in [-0.15, -0.1) is 0 Å². The fraction of sp³-hybridized carbons (Fsp3) is 0.286. The number of rotatable bonds is 6. The number of carbonyl (C=O) groups is 1. The third-order valence-electron chi connectivity index (χ3n) is 4.46. The first-order valence-corrected chi connectivity index (χ1v) is 9.92. The van der Waals surface area contributed by atoms with Crippen molar-refractivity contribution in [3.8, 4) is 0 Å². The minimum Gasteiger partial charge on any atom is -0.467 e. The predicted molar refractivity (Wildman–Crippen MR) is 110 cm³/mol. The molecule has 1 N–H and O–H groups in total. The van der Waals surface area contributed by atoms with Crippen molar-refractivity contribution in [2.24, 2.45) is 0 Å². The second kappa shape index (κ2) is 8.57. The number of hydrogen-bond acceptors (Lipinski definition) is 6. The van der Waals surface area contributed by atoms with Gasteiger partial charge >= 0.3 is 11.7 Å². The summed E-state index contributed by atoms with van der Waals surface area (Å²) in [6.45, 7) is 5.84. The van der Waals surface area contributed by atoms with E-state index in [2.05, 4.69) is 11.1 Å². The summed E-state index contributed by atoms with van der Waals surface area (Å²) in [5.41, 5.74) is 1.94. The van der Waals surface area contributed by atoms with Gasteiger partial charge in [0.1, 0.15) is 11.3 Å². The number of benzene rings is 1. The molecular weight excluding hydrogens is 392 g/mol. The van der Waals surface area contributed by atoms with Crippen molar-refractivity contribution in [1.82, 2.24) is 9.55 Å². The van der Waals surface area contributed by atoms with Crippen LogP contribution in [0.15, 0.2) is 54.5 Å². The SMILES string of the molecule is CCc1c(Sc2cc(C)cc(C)c2)n(Cc2occc2C(=O)OC)c(=O)[nH]c1=O. The van der Waals surface area contributed by atoms with Gasteiger partial charge < -0.3 is 9.15 Å². The van der Waals surface area contributed by atoms with Crippen LogP contribution in [0.3, 0.4) is 0 Å². The van der Waals surface area contributed by atoms with Crippen molar-refractivity contribution in [3.05, 3.63) is 79.4 Å². The van der Waals surface area contributed by atoms with Gasteiger partial charge in [0.2, 0.25) is 0 Å². The first-order valence-electron chi connectivity index (χ1n) is 9.10. The smallest absolute Gasteiger partial charge is 0.341 e. The summed E-state index contributed by atoms with van der Waals surface area (Å²) in [5, 5.41) is 0.526. The second-order valence-electron chi connectivity index (χ2n) is 6.66. The number of esters is 1. The molecule has 0 saturated heterocycles. The number of ether oxygens (including phenoxy) is 1. The van der Waals surface area contributed by atoms with Gasteiger partial charge in [-0.3, -0.25) is 14.3 Å². The molecule has 2 heterocycles. The second-order valence-corrected chi connectivity index (χ2v) is 7.72. The molecule has 0 atom stereocenters. The molecule has 0 fully saturated rings. The zero-order chi connectivity index (χ0) is 21.1. The van der Waals surface area contributed by atoms with Crippen molar-refractivity contribution >= 4 is 17.7 Å². The van der Waals surface area contributed by atoms with Crippen molar-refractivity contribution in [3.63, 3.8) is 0 Å². The van der Waals surface area contributed by atoms with Gasteiger partial charge in [-0.25, -0.2) is 9.59 Å². The molecule has 0 aliphatic heterocycles. The Morgan fingerprint density at radius 3 is 2.52 bits per heavy atom. The van der Waals surface area contributed by atoms with Gasteiger partial charge in [0, 0.05) is 10.5 Å². The van der Waals surface area contributed by atoms with E-state index in [1.54, 1.807) is 0 Å². The number of hydrogen-bond donors (Lipinski definition) is 1. The van der Waals surface area contributed by atoms with Gasteiger partial charge in [0.25, 0.3) is 5.56 Å². The van der Waals surface area contributed by atoms with E-state index in [0.717, 1.165) is 16.0 Å². The normalized spacial score (nSPS) is 10.9. The Balaban J connectivity index is 2.14. The highest BCUT2D eigenvalue weighted by atomic mass is 32.2. The third kappa shape index (κ3) is 4.37. The number of nitrogens with zero attached hydrogens (tertiary/aromatic N) is 1. The minimum atomic E-state index is -0.564. The quantitative estimate of drug-likeness (QED) is 0.491. The van der Waals surface area contributed by atoms with Gasteiger partial charge in [-0.2, -0.15) is 0 Å². The van der Waals surface area contributed by atoms with Gasteiger partial charge in [-0.1, -0.05) is 24.8 Å². The summed E-state index contributed by atoms with van der Waals surface area (Å²) in [6.07, 6.45) is 1.82. The summed E-state index contributed by atoms with van der Waals surface area (Å²) >= 11 is 1.35. The summed E-state index contributed by atoms with van der Waals surface area (Å²) in [5.74, 6) is -0.263. The average Bonchev–Trinajstić information content (AvgIpc) is 3.11. The fourth-order valence-electron chi connectivity index (χ4n) is 3.17. The minimum absolute atomic E-state index is 0.00677. The molecule has 0 aliphatic rings. The Kier molecular flexibility index (Phi) is 6.12. The number of aryl methyl sites for hydroxylation is 2. The van der Waals surface area contributed by atoms with E-state index in [1.165, 1.54) is 35.8 Å². The van der Waals surface area contributed by atoms with Crippen molar-refractivity contribution in [2.75, 3.05) is 7.11 Å². The first-order chi connectivity index (χ1) is 13.8. The Hall–Kier alpha value is -3.00. The molecule has 3 aromatic rings. The summed E-state index contributed by atoms with van der Waals surface area (Å²) < 4.78 is 11.6. The highest BCUT2D eigenvalue weighted by Crippen LogP contribution is 2.31. The van der Waals surface area contributed by atoms with Crippen LogP contribution in [0.5, 0.6) is 0 Å². The van der Waals surface area contributed by atoms with Crippen LogP contribution >= 0.6 is 11.8 Å². The molecule has 2 aromatic heterocycles. The van der Waals surface area contributed by atoms with Gasteiger partial charge in [0.15, 0.2) is 0 Å².